The first-order chi connectivity index (χ1) is 12.7. The van der Waals surface area contributed by atoms with E-state index >= 15 is 0 Å². The number of tetrazole rings is 1. The molecule has 1 atom stereocenters. The number of hydrogen-bond acceptors (Lipinski definition) is 4. The van der Waals surface area contributed by atoms with Gasteiger partial charge in [0.1, 0.15) is 0 Å². The maximum absolute atomic E-state index is 5.20. The van der Waals surface area contributed by atoms with Gasteiger partial charge in [-0.25, -0.2) is 4.68 Å². The largest absolute Gasteiger partial charge is 0.383 e. The Kier molecular flexibility index (Phi) is 6.74. The van der Waals surface area contributed by atoms with Crippen molar-refractivity contribution in [3.8, 4) is 0 Å². The van der Waals surface area contributed by atoms with Crippen LogP contribution in [0.5, 0.6) is 0 Å². The summed E-state index contributed by atoms with van der Waals surface area (Å²) >= 11 is 0. The smallest absolute Gasteiger partial charge is 0.209 e. The van der Waals surface area contributed by atoms with Crippen LogP contribution in [0.2, 0.25) is 0 Å². The highest BCUT2D eigenvalue weighted by atomic mass is 16.5. The van der Waals surface area contributed by atoms with E-state index in [-0.39, 0.29) is 0 Å². The Morgan fingerprint density at radius 2 is 1.92 bits per heavy atom. The van der Waals surface area contributed by atoms with Crippen LogP contribution in [0.25, 0.3) is 0 Å². The van der Waals surface area contributed by atoms with Crippen molar-refractivity contribution in [1.82, 2.24) is 20.2 Å². The van der Waals surface area contributed by atoms with Gasteiger partial charge in [0.25, 0.3) is 0 Å². The normalized spacial score (nSPS) is 21.8. The van der Waals surface area contributed by atoms with E-state index in [1.807, 2.05) is 4.68 Å². The maximum atomic E-state index is 5.20. The summed E-state index contributed by atoms with van der Waals surface area (Å²) in [6.07, 6.45) is 3.74. The van der Waals surface area contributed by atoms with Crippen LogP contribution in [0.1, 0.15) is 44.1 Å². The van der Waals surface area contributed by atoms with Crippen molar-refractivity contribution in [3.63, 3.8) is 0 Å². The average Bonchev–Trinajstić information content (AvgIpc) is 3.10. The van der Waals surface area contributed by atoms with Gasteiger partial charge in [0.15, 0.2) is 6.04 Å². The Morgan fingerprint density at radius 1 is 1.19 bits per heavy atom. The van der Waals surface area contributed by atoms with Crippen LogP contribution < -0.4 is 4.90 Å². The first-order valence-electron chi connectivity index (χ1n) is 9.82. The second-order valence-corrected chi connectivity index (χ2v) is 7.77. The predicted octanol–water partition coefficient (Wildman–Crippen LogP) is 1.55. The molecule has 142 valence electrons. The molecule has 0 radical (unpaired) electrons. The Bertz CT molecular complexity index is 649. The molecule has 1 aliphatic rings. The number of benzene rings is 1. The molecular formula is C20H32N5O+. The summed E-state index contributed by atoms with van der Waals surface area (Å²) in [7, 11) is 1.72. The molecule has 0 spiro atoms. The maximum Gasteiger partial charge on any atom is 0.209 e. The fourth-order valence-electron chi connectivity index (χ4n) is 4.23. The lowest BCUT2D eigenvalue weighted by Gasteiger charge is -2.36. The summed E-state index contributed by atoms with van der Waals surface area (Å²) in [6, 6.07) is 11.2. The van der Waals surface area contributed by atoms with Crippen LogP contribution in [0.3, 0.4) is 0 Å². The van der Waals surface area contributed by atoms with Gasteiger partial charge in [0, 0.05) is 13.0 Å². The molecule has 6 heteroatoms. The van der Waals surface area contributed by atoms with Crippen molar-refractivity contribution in [2.24, 2.45) is 11.8 Å². The molecule has 3 rings (SSSR count). The Balaban J connectivity index is 1.63. The third-order valence-corrected chi connectivity index (χ3v) is 5.57. The van der Waals surface area contributed by atoms with Gasteiger partial charge in [-0.3, -0.25) is 0 Å². The van der Waals surface area contributed by atoms with Crippen molar-refractivity contribution >= 4 is 0 Å². The number of likely N-dealkylation sites (tertiary alicyclic amines) is 1. The van der Waals surface area contributed by atoms with E-state index in [1.165, 1.54) is 37.9 Å². The third kappa shape index (κ3) is 4.68. The number of nitrogens with one attached hydrogen (secondary N) is 1. The highest BCUT2D eigenvalue weighted by molar-refractivity contribution is 5.15. The molecule has 1 saturated heterocycles. The lowest BCUT2D eigenvalue weighted by molar-refractivity contribution is -0.942. The summed E-state index contributed by atoms with van der Waals surface area (Å²) in [5.74, 6) is 2.30. The van der Waals surface area contributed by atoms with Gasteiger partial charge in [-0.15, -0.1) is 5.10 Å². The number of rotatable bonds is 8. The summed E-state index contributed by atoms with van der Waals surface area (Å²) in [6.45, 7) is 8.30. The number of methoxy groups -OCH3 is 1. The number of piperidine rings is 1. The second-order valence-electron chi connectivity index (χ2n) is 7.77. The SMILES string of the molecule is COCCn1nnnc1[C@H](C(C)C)[NH+]1CCC(Cc2ccccc2)CC1. The molecule has 0 amide bonds. The predicted molar refractivity (Wildman–Crippen MR) is 101 cm³/mol. The average molecular weight is 359 g/mol. The minimum atomic E-state index is 0.347. The van der Waals surface area contributed by atoms with Gasteiger partial charge >= 0.3 is 0 Å². The zero-order valence-corrected chi connectivity index (χ0v) is 16.3. The van der Waals surface area contributed by atoms with E-state index < -0.39 is 0 Å². The van der Waals surface area contributed by atoms with Crippen LogP contribution in [-0.4, -0.2) is 47.0 Å². The number of hydrogen-bond donors (Lipinski definition) is 1. The lowest BCUT2D eigenvalue weighted by Crippen LogP contribution is -3.14. The van der Waals surface area contributed by atoms with Crippen molar-refractivity contribution in [1.29, 1.82) is 0 Å². The van der Waals surface area contributed by atoms with E-state index in [9.17, 15) is 0 Å². The molecule has 1 aliphatic heterocycles. The third-order valence-electron chi connectivity index (χ3n) is 5.57. The standard InChI is InChI=1S/C20H31N5O/c1-16(2)19(20-21-22-23-25(20)13-14-26-3)24-11-9-18(10-12-24)15-17-7-5-4-6-8-17/h4-8,16,18-19H,9-15H2,1-3H3/p+1/t19-/m0/s1. The molecule has 26 heavy (non-hydrogen) atoms. The molecule has 1 fully saturated rings. The van der Waals surface area contributed by atoms with Gasteiger partial charge in [-0.05, 0) is 41.2 Å². The minimum Gasteiger partial charge on any atom is -0.383 e. The molecule has 2 heterocycles. The molecule has 2 aromatic rings. The molecule has 0 aliphatic carbocycles. The van der Waals surface area contributed by atoms with Gasteiger partial charge < -0.3 is 9.64 Å². The summed E-state index contributed by atoms with van der Waals surface area (Å²) in [4.78, 5) is 1.62. The lowest BCUT2D eigenvalue weighted by atomic mass is 9.88. The fourth-order valence-corrected chi connectivity index (χ4v) is 4.23. The fraction of sp³-hybridized carbons (Fsp3) is 0.650. The highest BCUT2D eigenvalue weighted by Crippen LogP contribution is 2.21. The zero-order chi connectivity index (χ0) is 18.4. The van der Waals surface area contributed by atoms with Crippen molar-refractivity contribution in [2.45, 2.75) is 45.7 Å². The summed E-state index contributed by atoms with van der Waals surface area (Å²) < 4.78 is 7.13. The zero-order valence-electron chi connectivity index (χ0n) is 16.3. The van der Waals surface area contributed by atoms with Crippen LogP contribution >= 0.6 is 0 Å². The highest BCUT2D eigenvalue weighted by Gasteiger charge is 2.35. The molecule has 1 N–H and O–H groups in total. The Labute approximate surface area is 156 Å². The van der Waals surface area contributed by atoms with Crippen molar-refractivity contribution in [3.05, 3.63) is 41.7 Å². The van der Waals surface area contributed by atoms with Crippen LogP contribution in [-0.2, 0) is 17.7 Å². The van der Waals surface area contributed by atoms with E-state index in [2.05, 4.69) is 59.7 Å². The number of nitrogens with zero attached hydrogens (tertiary/aromatic N) is 4. The topological polar surface area (TPSA) is 57.3 Å². The summed E-state index contributed by atoms with van der Waals surface area (Å²) in [5, 5.41) is 12.5. The van der Waals surface area contributed by atoms with Crippen molar-refractivity contribution < 1.29 is 9.64 Å². The molecule has 6 nitrogen and oxygen atoms in total. The van der Waals surface area contributed by atoms with Crippen molar-refractivity contribution in [2.75, 3.05) is 26.8 Å². The van der Waals surface area contributed by atoms with E-state index in [0.717, 1.165) is 11.7 Å². The van der Waals surface area contributed by atoms with E-state index in [1.54, 1.807) is 12.0 Å². The second kappa shape index (κ2) is 9.24. The molecule has 0 saturated carbocycles. The van der Waals surface area contributed by atoms with E-state index in [4.69, 9.17) is 4.74 Å². The number of aromatic nitrogens is 4. The number of ether oxygens (including phenoxy) is 1. The molecule has 1 aromatic carbocycles. The van der Waals surface area contributed by atoms with Crippen LogP contribution in [0.15, 0.2) is 30.3 Å². The van der Waals surface area contributed by atoms with Crippen LogP contribution in [0, 0.1) is 11.8 Å². The molecule has 1 aromatic heterocycles. The quantitative estimate of drug-likeness (QED) is 0.778. The first-order valence-corrected chi connectivity index (χ1v) is 9.82. The Hall–Kier alpha value is -1.79. The van der Waals surface area contributed by atoms with Gasteiger partial charge in [0.05, 0.1) is 26.2 Å². The molecular weight excluding hydrogens is 326 g/mol. The van der Waals surface area contributed by atoms with Gasteiger partial charge in [-0.1, -0.05) is 44.2 Å². The monoisotopic (exact) mass is 358 g/mol. The van der Waals surface area contributed by atoms with E-state index in [0.29, 0.717) is 25.1 Å². The molecule has 0 unspecified atom stereocenters. The summed E-state index contributed by atoms with van der Waals surface area (Å²) in [5.41, 5.74) is 1.46. The minimum absolute atomic E-state index is 0.347. The van der Waals surface area contributed by atoms with Gasteiger partial charge in [0.2, 0.25) is 5.82 Å². The molecule has 0 bridgehead atoms. The van der Waals surface area contributed by atoms with Crippen LogP contribution in [0.4, 0.5) is 0 Å². The number of quaternary nitrogens is 1. The Morgan fingerprint density at radius 3 is 2.58 bits per heavy atom. The van der Waals surface area contributed by atoms with Gasteiger partial charge in [-0.2, -0.15) is 0 Å². The first kappa shape index (κ1) is 19.0.